The van der Waals surface area contributed by atoms with Crippen molar-refractivity contribution in [2.75, 3.05) is 13.2 Å². The molecule has 18 heavy (non-hydrogen) atoms. The van der Waals surface area contributed by atoms with E-state index >= 15 is 0 Å². The second-order valence-corrected chi connectivity index (χ2v) is 3.78. The highest BCUT2D eigenvalue weighted by Gasteiger charge is 2.15. The third-order valence-electron chi connectivity index (χ3n) is 2.41. The van der Waals surface area contributed by atoms with Gasteiger partial charge in [0.05, 0.1) is 13.2 Å². The van der Waals surface area contributed by atoms with Crippen LogP contribution in [0.25, 0.3) is 0 Å². The molecule has 1 unspecified atom stereocenters. The fourth-order valence-electron chi connectivity index (χ4n) is 1.57. The topological polar surface area (TPSA) is 81.8 Å². The van der Waals surface area contributed by atoms with E-state index < -0.39 is 12.0 Å². The summed E-state index contributed by atoms with van der Waals surface area (Å²) in [5, 5.41) is 8.81. The van der Waals surface area contributed by atoms with E-state index in [9.17, 15) is 4.79 Å². The standard InChI is InChI=1S/C13H19NO4/c1-3-17-10-6-5-9(7-11(14)13(15)16)12(8-10)18-4-2/h5-6,8,11H,3-4,7,14H2,1-2H3,(H,15,16). The zero-order valence-corrected chi connectivity index (χ0v) is 10.7. The molecule has 0 aliphatic rings. The highest BCUT2D eigenvalue weighted by Crippen LogP contribution is 2.26. The van der Waals surface area contributed by atoms with Gasteiger partial charge in [0.25, 0.3) is 0 Å². The largest absolute Gasteiger partial charge is 0.494 e. The number of hydrogen-bond acceptors (Lipinski definition) is 4. The Morgan fingerprint density at radius 3 is 2.56 bits per heavy atom. The SMILES string of the molecule is CCOc1ccc(CC(N)C(=O)O)c(OCC)c1. The monoisotopic (exact) mass is 253 g/mol. The van der Waals surface area contributed by atoms with E-state index in [4.69, 9.17) is 20.3 Å². The van der Waals surface area contributed by atoms with Gasteiger partial charge in [-0.25, -0.2) is 0 Å². The fraction of sp³-hybridized carbons (Fsp3) is 0.462. The molecule has 0 aliphatic carbocycles. The van der Waals surface area contributed by atoms with Crippen LogP contribution in [0.15, 0.2) is 18.2 Å². The Bertz CT molecular complexity index is 406. The van der Waals surface area contributed by atoms with Crippen LogP contribution in [0, 0.1) is 0 Å². The predicted octanol–water partition coefficient (Wildman–Crippen LogP) is 1.44. The summed E-state index contributed by atoms with van der Waals surface area (Å²) in [5.74, 6) is 0.306. The average Bonchev–Trinajstić information content (AvgIpc) is 2.33. The maximum Gasteiger partial charge on any atom is 0.320 e. The molecule has 0 bridgehead atoms. The van der Waals surface area contributed by atoms with Crippen molar-refractivity contribution < 1.29 is 19.4 Å². The van der Waals surface area contributed by atoms with Crippen LogP contribution in [0.3, 0.4) is 0 Å². The van der Waals surface area contributed by atoms with Gasteiger partial charge in [-0.1, -0.05) is 6.07 Å². The summed E-state index contributed by atoms with van der Waals surface area (Å²) in [7, 11) is 0. The van der Waals surface area contributed by atoms with E-state index in [1.807, 2.05) is 13.8 Å². The highest BCUT2D eigenvalue weighted by atomic mass is 16.5. The molecule has 100 valence electrons. The van der Waals surface area contributed by atoms with E-state index in [0.29, 0.717) is 24.7 Å². The molecule has 0 amide bonds. The van der Waals surface area contributed by atoms with Crippen LogP contribution in [0.2, 0.25) is 0 Å². The molecular weight excluding hydrogens is 234 g/mol. The fourth-order valence-corrected chi connectivity index (χ4v) is 1.57. The number of aliphatic carboxylic acids is 1. The van der Waals surface area contributed by atoms with Gasteiger partial charge in [-0.15, -0.1) is 0 Å². The van der Waals surface area contributed by atoms with Crippen LogP contribution < -0.4 is 15.2 Å². The molecule has 5 heteroatoms. The lowest BCUT2D eigenvalue weighted by atomic mass is 10.1. The van der Waals surface area contributed by atoms with E-state index in [-0.39, 0.29) is 6.42 Å². The summed E-state index contributed by atoms with van der Waals surface area (Å²) in [5.41, 5.74) is 6.30. The minimum Gasteiger partial charge on any atom is -0.494 e. The van der Waals surface area contributed by atoms with Gasteiger partial charge in [0.2, 0.25) is 0 Å². The minimum absolute atomic E-state index is 0.233. The molecule has 1 aromatic carbocycles. The molecule has 0 spiro atoms. The minimum atomic E-state index is -1.02. The van der Waals surface area contributed by atoms with Crippen molar-refractivity contribution in [1.29, 1.82) is 0 Å². The molecular formula is C13H19NO4. The normalized spacial score (nSPS) is 11.9. The van der Waals surface area contributed by atoms with E-state index in [2.05, 4.69) is 0 Å². The Morgan fingerprint density at radius 1 is 1.33 bits per heavy atom. The molecule has 0 aliphatic heterocycles. The first-order valence-corrected chi connectivity index (χ1v) is 5.95. The molecule has 0 aromatic heterocycles. The van der Waals surface area contributed by atoms with Gasteiger partial charge < -0.3 is 20.3 Å². The summed E-state index contributed by atoms with van der Waals surface area (Å²) in [6, 6.07) is 4.41. The van der Waals surface area contributed by atoms with Crippen LogP contribution in [-0.2, 0) is 11.2 Å². The molecule has 0 heterocycles. The van der Waals surface area contributed by atoms with Crippen LogP contribution in [0.5, 0.6) is 11.5 Å². The summed E-state index contributed by atoms with van der Waals surface area (Å²) >= 11 is 0. The van der Waals surface area contributed by atoms with Crippen LogP contribution in [-0.4, -0.2) is 30.3 Å². The smallest absolute Gasteiger partial charge is 0.320 e. The Morgan fingerprint density at radius 2 is 2.00 bits per heavy atom. The first-order chi connectivity index (χ1) is 8.58. The second kappa shape index (κ2) is 6.86. The van der Waals surface area contributed by atoms with E-state index in [1.54, 1.807) is 18.2 Å². The lowest BCUT2D eigenvalue weighted by Crippen LogP contribution is -2.32. The second-order valence-electron chi connectivity index (χ2n) is 3.78. The van der Waals surface area contributed by atoms with Crippen molar-refractivity contribution >= 4 is 5.97 Å². The number of hydrogen-bond donors (Lipinski definition) is 2. The number of carboxylic acids is 1. The Labute approximate surface area is 107 Å². The van der Waals surface area contributed by atoms with Gasteiger partial charge in [-0.3, -0.25) is 4.79 Å². The van der Waals surface area contributed by atoms with Gasteiger partial charge in [-0.05, 0) is 25.5 Å². The van der Waals surface area contributed by atoms with E-state index in [1.165, 1.54) is 0 Å². The summed E-state index contributed by atoms with van der Waals surface area (Å²) in [6.07, 6.45) is 0.233. The first-order valence-electron chi connectivity index (χ1n) is 5.95. The van der Waals surface area contributed by atoms with Crippen molar-refractivity contribution in [3.8, 4) is 11.5 Å². The van der Waals surface area contributed by atoms with Crippen LogP contribution in [0.4, 0.5) is 0 Å². The third-order valence-corrected chi connectivity index (χ3v) is 2.41. The zero-order valence-electron chi connectivity index (χ0n) is 10.7. The molecule has 0 saturated heterocycles. The van der Waals surface area contributed by atoms with E-state index in [0.717, 1.165) is 5.56 Å². The Kier molecular flexibility index (Phi) is 5.45. The Hall–Kier alpha value is -1.75. The molecule has 3 N–H and O–H groups in total. The third kappa shape index (κ3) is 3.92. The summed E-state index contributed by atoms with van der Waals surface area (Å²) in [4.78, 5) is 10.8. The van der Waals surface area contributed by atoms with Crippen molar-refractivity contribution in [2.45, 2.75) is 26.3 Å². The van der Waals surface area contributed by atoms with Gasteiger partial charge in [0.1, 0.15) is 17.5 Å². The lowest BCUT2D eigenvalue weighted by molar-refractivity contribution is -0.138. The van der Waals surface area contributed by atoms with Crippen molar-refractivity contribution in [3.63, 3.8) is 0 Å². The van der Waals surface area contributed by atoms with Gasteiger partial charge in [0, 0.05) is 12.5 Å². The van der Waals surface area contributed by atoms with Crippen molar-refractivity contribution in [3.05, 3.63) is 23.8 Å². The quantitative estimate of drug-likeness (QED) is 0.768. The lowest BCUT2D eigenvalue weighted by Gasteiger charge is -2.14. The van der Waals surface area contributed by atoms with Crippen molar-refractivity contribution in [2.24, 2.45) is 5.73 Å². The maximum atomic E-state index is 10.8. The first kappa shape index (κ1) is 14.3. The summed E-state index contributed by atoms with van der Waals surface area (Å²) < 4.78 is 10.8. The summed E-state index contributed by atoms with van der Waals surface area (Å²) in [6.45, 7) is 4.84. The molecule has 1 atom stereocenters. The molecule has 0 fully saturated rings. The molecule has 1 aromatic rings. The van der Waals surface area contributed by atoms with Gasteiger partial charge in [0.15, 0.2) is 0 Å². The molecule has 5 nitrogen and oxygen atoms in total. The van der Waals surface area contributed by atoms with Crippen molar-refractivity contribution in [1.82, 2.24) is 0 Å². The molecule has 0 radical (unpaired) electrons. The maximum absolute atomic E-state index is 10.8. The highest BCUT2D eigenvalue weighted by molar-refractivity contribution is 5.73. The van der Waals surface area contributed by atoms with Crippen LogP contribution in [0.1, 0.15) is 19.4 Å². The Balaban J connectivity index is 2.91. The number of carbonyl (C=O) groups is 1. The number of ether oxygens (including phenoxy) is 2. The predicted molar refractivity (Wildman–Crippen MR) is 68.1 cm³/mol. The number of benzene rings is 1. The van der Waals surface area contributed by atoms with Gasteiger partial charge in [-0.2, -0.15) is 0 Å². The average molecular weight is 253 g/mol. The molecule has 1 rings (SSSR count). The molecule has 0 saturated carbocycles. The van der Waals surface area contributed by atoms with Crippen LogP contribution >= 0.6 is 0 Å². The zero-order chi connectivity index (χ0) is 13.5. The van der Waals surface area contributed by atoms with Gasteiger partial charge >= 0.3 is 5.97 Å². The number of rotatable bonds is 7. The number of nitrogens with two attached hydrogens (primary N) is 1. The number of carboxylic acid groups (broad SMARTS) is 1.